The summed E-state index contributed by atoms with van der Waals surface area (Å²) in [5.41, 5.74) is 2.92. The van der Waals surface area contributed by atoms with Gasteiger partial charge in [-0.2, -0.15) is 11.8 Å². The third kappa shape index (κ3) is 4.02. The van der Waals surface area contributed by atoms with Crippen LogP contribution in [0.15, 0.2) is 59.4 Å². The van der Waals surface area contributed by atoms with Crippen molar-refractivity contribution in [2.24, 2.45) is 0 Å². The number of nitrogens with zero attached hydrogens (tertiary/aromatic N) is 2. The Kier molecular flexibility index (Phi) is 5.28. The van der Waals surface area contributed by atoms with Crippen molar-refractivity contribution in [3.63, 3.8) is 0 Å². The molecule has 2 N–H and O–H groups in total. The number of nitrogens with one attached hydrogen (secondary N) is 2. The molecule has 122 valence electrons. The first-order valence-corrected chi connectivity index (χ1v) is 8.88. The Morgan fingerprint density at radius 3 is 2.46 bits per heavy atom. The maximum Gasteiger partial charge on any atom is 0.279 e. The highest BCUT2D eigenvalue weighted by Crippen LogP contribution is 2.17. The van der Waals surface area contributed by atoms with E-state index in [0.717, 1.165) is 22.8 Å². The third-order valence-electron chi connectivity index (χ3n) is 3.43. The number of thioether (sulfide) groups is 1. The van der Waals surface area contributed by atoms with Crippen molar-refractivity contribution < 1.29 is 0 Å². The van der Waals surface area contributed by atoms with Gasteiger partial charge >= 0.3 is 0 Å². The van der Waals surface area contributed by atoms with Gasteiger partial charge in [-0.25, -0.2) is 0 Å². The van der Waals surface area contributed by atoms with Crippen molar-refractivity contribution in [1.29, 1.82) is 0 Å². The van der Waals surface area contributed by atoms with Crippen molar-refractivity contribution in [3.8, 4) is 11.3 Å². The third-order valence-corrected chi connectivity index (χ3v) is 4.38. The highest BCUT2D eigenvalue weighted by Gasteiger charge is 2.07. The lowest BCUT2D eigenvalue weighted by Gasteiger charge is -2.07. The van der Waals surface area contributed by atoms with Gasteiger partial charge in [0.25, 0.3) is 5.56 Å². The summed E-state index contributed by atoms with van der Waals surface area (Å²) in [5.74, 6) is 2.43. The fraction of sp³-hybridized carbons (Fsp3) is 0.167. The van der Waals surface area contributed by atoms with Crippen LogP contribution >= 0.6 is 11.8 Å². The van der Waals surface area contributed by atoms with Crippen LogP contribution in [0, 0.1) is 0 Å². The zero-order valence-corrected chi connectivity index (χ0v) is 14.1. The summed E-state index contributed by atoms with van der Waals surface area (Å²) >= 11 is 1.88. The molecule has 0 spiro atoms. The van der Waals surface area contributed by atoms with Crippen LogP contribution in [0.25, 0.3) is 11.3 Å². The van der Waals surface area contributed by atoms with Crippen LogP contribution in [0.4, 0.5) is 11.6 Å². The first kappa shape index (κ1) is 16.3. The summed E-state index contributed by atoms with van der Waals surface area (Å²) < 4.78 is 0. The van der Waals surface area contributed by atoms with Gasteiger partial charge in [0, 0.05) is 17.0 Å². The summed E-state index contributed by atoms with van der Waals surface area (Å²) in [4.78, 5) is 14.9. The Morgan fingerprint density at radius 1 is 1.04 bits per heavy atom. The molecule has 0 saturated carbocycles. The van der Waals surface area contributed by atoms with Gasteiger partial charge in [0.2, 0.25) is 5.95 Å². The Labute approximate surface area is 144 Å². The van der Waals surface area contributed by atoms with Crippen LogP contribution < -0.4 is 10.9 Å². The average molecular weight is 338 g/mol. The predicted molar refractivity (Wildman–Crippen MR) is 99.6 cm³/mol. The summed E-state index contributed by atoms with van der Waals surface area (Å²) in [6.45, 7) is 2.15. The number of rotatable bonds is 6. The minimum absolute atomic E-state index is 0.269. The number of benzene rings is 2. The van der Waals surface area contributed by atoms with Crippen molar-refractivity contribution in [3.05, 3.63) is 70.5 Å². The van der Waals surface area contributed by atoms with Crippen LogP contribution in [0.1, 0.15) is 12.5 Å². The lowest BCUT2D eigenvalue weighted by molar-refractivity contribution is 0.962. The van der Waals surface area contributed by atoms with E-state index in [1.165, 1.54) is 5.56 Å². The Bertz CT molecular complexity index is 847. The van der Waals surface area contributed by atoms with E-state index in [4.69, 9.17) is 0 Å². The second-order valence-electron chi connectivity index (χ2n) is 5.18. The van der Waals surface area contributed by atoms with E-state index >= 15 is 0 Å². The minimum Gasteiger partial charge on any atom is -0.324 e. The Hall–Kier alpha value is -2.60. The monoisotopic (exact) mass is 338 g/mol. The van der Waals surface area contributed by atoms with Gasteiger partial charge in [-0.05, 0) is 23.4 Å². The highest BCUT2D eigenvalue weighted by molar-refractivity contribution is 7.98. The van der Waals surface area contributed by atoms with Gasteiger partial charge in [-0.3, -0.25) is 9.78 Å². The van der Waals surface area contributed by atoms with Gasteiger partial charge in [-0.15, -0.1) is 10.2 Å². The summed E-state index contributed by atoms with van der Waals surface area (Å²) in [6, 6.07) is 17.3. The van der Waals surface area contributed by atoms with E-state index in [0.29, 0.717) is 11.6 Å². The van der Waals surface area contributed by atoms with Crippen molar-refractivity contribution in [1.82, 2.24) is 15.2 Å². The maximum atomic E-state index is 12.2. The molecule has 0 unspecified atom stereocenters. The molecule has 24 heavy (non-hydrogen) atoms. The molecular formula is C18H18N4OS. The SMILES string of the molecule is CCSCc1ccc(Nc2nnc(-c3ccccc3)c(=O)[nH]2)cc1. The van der Waals surface area contributed by atoms with Gasteiger partial charge in [0.05, 0.1) is 0 Å². The molecule has 0 aliphatic rings. The van der Waals surface area contributed by atoms with Gasteiger partial charge < -0.3 is 5.32 Å². The molecule has 1 heterocycles. The lowest BCUT2D eigenvalue weighted by Crippen LogP contribution is -2.15. The number of aromatic amines is 1. The van der Waals surface area contributed by atoms with Crippen LogP contribution in [0.5, 0.6) is 0 Å². The highest BCUT2D eigenvalue weighted by atomic mass is 32.2. The first-order chi connectivity index (χ1) is 11.8. The van der Waals surface area contributed by atoms with Crippen molar-refractivity contribution >= 4 is 23.4 Å². The van der Waals surface area contributed by atoms with Crippen LogP contribution in [0.3, 0.4) is 0 Å². The molecule has 3 aromatic rings. The summed E-state index contributed by atoms with van der Waals surface area (Å²) in [6.07, 6.45) is 0. The summed E-state index contributed by atoms with van der Waals surface area (Å²) in [5, 5.41) is 11.2. The Balaban J connectivity index is 1.74. The smallest absolute Gasteiger partial charge is 0.279 e. The Morgan fingerprint density at radius 2 is 1.79 bits per heavy atom. The molecule has 0 atom stereocenters. The number of anilines is 2. The average Bonchev–Trinajstić information content (AvgIpc) is 2.62. The van der Waals surface area contributed by atoms with Crippen molar-refractivity contribution in [2.75, 3.05) is 11.1 Å². The molecule has 1 aromatic heterocycles. The van der Waals surface area contributed by atoms with Crippen LogP contribution in [0.2, 0.25) is 0 Å². The zero-order chi connectivity index (χ0) is 16.8. The lowest BCUT2D eigenvalue weighted by atomic mass is 10.2. The minimum atomic E-state index is -0.269. The van der Waals surface area contributed by atoms with Crippen molar-refractivity contribution in [2.45, 2.75) is 12.7 Å². The molecule has 0 amide bonds. The molecule has 0 aliphatic carbocycles. The quantitative estimate of drug-likeness (QED) is 0.715. The molecular weight excluding hydrogens is 320 g/mol. The largest absolute Gasteiger partial charge is 0.324 e. The molecule has 0 bridgehead atoms. The van der Waals surface area contributed by atoms with Gasteiger partial charge in [0.1, 0.15) is 0 Å². The van der Waals surface area contributed by atoms with E-state index in [-0.39, 0.29) is 5.56 Å². The molecule has 6 heteroatoms. The van der Waals surface area contributed by atoms with E-state index in [1.54, 1.807) is 0 Å². The molecule has 0 aliphatic heterocycles. The van der Waals surface area contributed by atoms with E-state index in [2.05, 4.69) is 39.6 Å². The predicted octanol–water partition coefficient (Wildman–Crippen LogP) is 3.83. The van der Waals surface area contributed by atoms with Crippen LogP contribution in [-0.2, 0) is 5.75 Å². The molecule has 0 fully saturated rings. The molecule has 2 aromatic carbocycles. The second kappa shape index (κ2) is 7.79. The van der Waals surface area contributed by atoms with Gasteiger partial charge in [0.15, 0.2) is 5.69 Å². The molecule has 5 nitrogen and oxygen atoms in total. The first-order valence-electron chi connectivity index (χ1n) is 7.72. The number of aromatic nitrogens is 3. The zero-order valence-electron chi connectivity index (χ0n) is 13.3. The maximum absolute atomic E-state index is 12.2. The number of hydrogen-bond donors (Lipinski definition) is 2. The van der Waals surface area contributed by atoms with E-state index in [1.807, 2.05) is 54.2 Å². The number of H-pyrrole nitrogens is 1. The molecule has 0 saturated heterocycles. The fourth-order valence-corrected chi connectivity index (χ4v) is 2.85. The normalized spacial score (nSPS) is 10.5. The topological polar surface area (TPSA) is 70.7 Å². The van der Waals surface area contributed by atoms with Crippen LogP contribution in [-0.4, -0.2) is 20.9 Å². The molecule has 0 radical (unpaired) electrons. The number of hydrogen-bond acceptors (Lipinski definition) is 5. The standard InChI is InChI=1S/C18H18N4OS/c1-2-24-12-13-8-10-15(11-9-13)19-18-20-17(23)16(21-22-18)14-6-4-3-5-7-14/h3-11H,2,12H2,1H3,(H2,19,20,22,23). The fourth-order valence-electron chi connectivity index (χ4n) is 2.22. The second-order valence-corrected chi connectivity index (χ2v) is 6.45. The van der Waals surface area contributed by atoms with E-state index < -0.39 is 0 Å². The van der Waals surface area contributed by atoms with E-state index in [9.17, 15) is 4.79 Å². The summed E-state index contributed by atoms with van der Waals surface area (Å²) in [7, 11) is 0. The van der Waals surface area contributed by atoms with Gasteiger partial charge in [-0.1, -0.05) is 49.4 Å². The molecule has 3 rings (SSSR count).